The molecule has 1 aliphatic heterocycles. The summed E-state index contributed by atoms with van der Waals surface area (Å²) in [6.07, 6.45) is 2.24. The Morgan fingerprint density at radius 3 is 2.37 bits per heavy atom. The molecule has 0 spiro atoms. The average Bonchev–Trinajstić information content (AvgIpc) is 3.50. The second-order valence-electron chi connectivity index (χ2n) is 8.48. The van der Waals surface area contributed by atoms with E-state index in [4.69, 9.17) is 0 Å². The molecule has 1 atom stereocenters. The molecule has 174 valence electrons. The van der Waals surface area contributed by atoms with E-state index < -0.39 is 0 Å². The third-order valence-electron chi connectivity index (χ3n) is 5.92. The van der Waals surface area contributed by atoms with Crippen molar-refractivity contribution in [3.05, 3.63) is 107 Å². The predicted octanol–water partition coefficient (Wildman–Crippen LogP) is 5.55. The van der Waals surface area contributed by atoms with Crippen molar-refractivity contribution in [2.45, 2.75) is 19.3 Å². The maximum absolute atomic E-state index is 13.3. The Labute approximate surface area is 208 Å². The number of aryl methyl sites for hydroxylation is 1. The Bertz CT molecular complexity index is 1370. The molecule has 1 saturated heterocycles. The second kappa shape index (κ2) is 10.0. The van der Waals surface area contributed by atoms with Crippen molar-refractivity contribution in [1.29, 1.82) is 0 Å². The number of hydrogen-bond acceptors (Lipinski definition) is 5. The van der Waals surface area contributed by atoms with Gasteiger partial charge in [0.05, 0.1) is 0 Å². The molecular weight excluding hydrogens is 456 g/mol. The summed E-state index contributed by atoms with van der Waals surface area (Å²) in [4.78, 5) is 27.7. The molecule has 1 unspecified atom stereocenters. The molecule has 2 heterocycles. The molecule has 3 aromatic carbocycles. The highest BCUT2D eigenvalue weighted by Gasteiger charge is 2.34. The van der Waals surface area contributed by atoms with Crippen molar-refractivity contribution in [3.8, 4) is 0 Å². The lowest BCUT2D eigenvalue weighted by molar-refractivity contribution is -0.117. The van der Waals surface area contributed by atoms with E-state index >= 15 is 0 Å². The van der Waals surface area contributed by atoms with Gasteiger partial charge in [-0.25, -0.2) is 0 Å². The standard InChI is InChI=1S/C28H24N4O2S/c1-19-12-14-23(15-13-19)32-18-22(17-25(32)33)27-30-31-28(35-27)29-26(34)24(21-10-6-3-7-11-21)16-20-8-4-2-5-9-20/h2-16,22H,17-18H2,1H3,(H,29,31,34)/b24-16+. The number of amides is 2. The van der Waals surface area contributed by atoms with Crippen LogP contribution in [0.2, 0.25) is 0 Å². The normalized spacial score (nSPS) is 15.9. The summed E-state index contributed by atoms with van der Waals surface area (Å²) in [5, 5.41) is 12.6. The van der Waals surface area contributed by atoms with Crippen LogP contribution in [0.1, 0.15) is 34.0 Å². The zero-order chi connectivity index (χ0) is 24.2. The van der Waals surface area contributed by atoms with Gasteiger partial charge < -0.3 is 4.90 Å². The predicted molar refractivity (Wildman–Crippen MR) is 140 cm³/mol. The summed E-state index contributed by atoms with van der Waals surface area (Å²) in [6, 6.07) is 27.2. The van der Waals surface area contributed by atoms with Crippen LogP contribution in [0.25, 0.3) is 11.6 Å². The van der Waals surface area contributed by atoms with Gasteiger partial charge in [-0.15, -0.1) is 10.2 Å². The molecule has 0 saturated carbocycles. The highest BCUT2D eigenvalue weighted by Crippen LogP contribution is 2.34. The third kappa shape index (κ3) is 5.20. The molecule has 2 amide bonds. The molecule has 0 bridgehead atoms. The number of anilines is 2. The Morgan fingerprint density at radius 1 is 0.971 bits per heavy atom. The molecule has 4 aromatic rings. The summed E-state index contributed by atoms with van der Waals surface area (Å²) in [5.74, 6) is -0.247. The lowest BCUT2D eigenvalue weighted by Crippen LogP contribution is -2.24. The molecule has 1 fully saturated rings. The van der Waals surface area contributed by atoms with E-state index in [1.807, 2.05) is 97.9 Å². The molecule has 0 aliphatic carbocycles. The molecule has 1 N–H and O–H groups in total. The quantitative estimate of drug-likeness (QED) is 0.290. The van der Waals surface area contributed by atoms with Crippen LogP contribution < -0.4 is 10.2 Å². The van der Waals surface area contributed by atoms with Gasteiger partial charge in [-0.2, -0.15) is 0 Å². The summed E-state index contributed by atoms with van der Waals surface area (Å²) < 4.78 is 0. The largest absolute Gasteiger partial charge is 0.312 e. The highest BCUT2D eigenvalue weighted by atomic mass is 32.1. The molecule has 5 rings (SSSR count). The maximum Gasteiger partial charge on any atom is 0.258 e. The number of nitrogens with zero attached hydrogens (tertiary/aromatic N) is 3. The van der Waals surface area contributed by atoms with Gasteiger partial charge in [-0.05, 0) is 36.3 Å². The lowest BCUT2D eigenvalue weighted by atomic mass is 10.0. The first-order valence-electron chi connectivity index (χ1n) is 11.4. The first-order chi connectivity index (χ1) is 17.1. The first kappa shape index (κ1) is 22.7. The van der Waals surface area contributed by atoms with Gasteiger partial charge in [0.2, 0.25) is 11.0 Å². The van der Waals surface area contributed by atoms with Crippen molar-refractivity contribution in [3.63, 3.8) is 0 Å². The Balaban J connectivity index is 1.33. The van der Waals surface area contributed by atoms with E-state index in [0.29, 0.717) is 23.7 Å². The van der Waals surface area contributed by atoms with Gasteiger partial charge in [0.25, 0.3) is 5.91 Å². The van der Waals surface area contributed by atoms with Crippen molar-refractivity contribution in [2.24, 2.45) is 0 Å². The molecular formula is C28H24N4O2S. The summed E-state index contributed by atoms with van der Waals surface area (Å²) in [6.45, 7) is 2.57. The molecule has 6 nitrogen and oxygen atoms in total. The molecule has 35 heavy (non-hydrogen) atoms. The Hall–Kier alpha value is -4.10. The molecule has 0 radical (unpaired) electrons. The Kier molecular flexibility index (Phi) is 6.50. The minimum Gasteiger partial charge on any atom is -0.312 e. The number of carbonyl (C=O) groups is 2. The summed E-state index contributed by atoms with van der Waals surface area (Å²) >= 11 is 1.32. The lowest BCUT2D eigenvalue weighted by Gasteiger charge is -2.16. The SMILES string of the molecule is Cc1ccc(N2CC(c3nnc(NC(=O)/C(=C/c4ccccc4)c4ccccc4)s3)CC2=O)cc1. The average molecular weight is 481 g/mol. The van der Waals surface area contributed by atoms with E-state index in [-0.39, 0.29) is 17.7 Å². The van der Waals surface area contributed by atoms with Gasteiger partial charge in [0.1, 0.15) is 5.01 Å². The van der Waals surface area contributed by atoms with E-state index in [2.05, 4.69) is 15.5 Å². The smallest absolute Gasteiger partial charge is 0.258 e. The van der Waals surface area contributed by atoms with Crippen LogP contribution >= 0.6 is 11.3 Å². The van der Waals surface area contributed by atoms with Crippen LogP contribution in [0.3, 0.4) is 0 Å². The number of nitrogens with one attached hydrogen (secondary N) is 1. The number of benzene rings is 3. The van der Waals surface area contributed by atoms with E-state index in [0.717, 1.165) is 27.4 Å². The third-order valence-corrected chi connectivity index (χ3v) is 6.92. The van der Waals surface area contributed by atoms with Crippen LogP contribution in [-0.2, 0) is 9.59 Å². The maximum atomic E-state index is 13.3. The van der Waals surface area contributed by atoms with Gasteiger partial charge >= 0.3 is 0 Å². The first-order valence-corrected chi connectivity index (χ1v) is 12.2. The van der Waals surface area contributed by atoms with E-state index in [1.165, 1.54) is 11.3 Å². The fraction of sp³-hybridized carbons (Fsp3) is 0.143. The van der Waals surface area contributed by atoms with Crippen molar-refractivity contribution >= 4 is 45.6 Å². The van der Waals surface area contributed by atoms with Crippen LogP contribution in [0, 0.1) is 6.92 Å². The number of aromatic nitrogens is 2. The molecule has 1 aromatic heterocycles. The molecule has 1 aliphatic rings. The number of hydrogen-bond donors (Lipinski definition) is 1. The van der Waals surface area contributed by atoms with Gasteiger partial charge in [0, 0.05) is 30.1 Å². The van der Waals surface area contributed by atoms with Crippen LogP contribution in [0.4, 0.5) is 10.8 Å². The molecule has 7 heteroatoms. The van der Waals surface area contributed by atoms with Crippen LogP contribution in [-0.4, -0.2) is 28.6 Å². The summed E-state index contributed by atoms with van der Waals surface area (Å²) in [5.41, 5.74) is 4.32. The van der Waals surface area contributed by atoms with Crippen molar-refractivity contribution < 1.29 is 9.59 Å². The fourth-order valence-electron chi connectivity index (χ4n) is 4.08. The van der Waals surface area contributed by atoms with Crippen LogP contribution in [0.5, 0.6) is 0 Å². The number of rotatable bonds is 6. The van der Waals surface area contributed by atoms with Crippen LogP contribution in [0.15, 0.2) is 84.9 Å². The monoisotopic (exact) mass is 480 g/mol. The fourth-order valence-corrected chi connectivity index (χ4v) is 4.91. The second-order valence-corrected chi connectivity index (χ2v) is 9.48. The zero-order valence-electron chi connectivity index (χ0n) is 19.2. The number of carbonyl (C=O) groups excluding carboxylic acids is 2. The summed E-state index contributed by atoms with van der Waals surface area (Å²) in [7, 11) is 0. The topological polar surface area (TPSA) is 75.2 Å². The van der Waals surface area contributed by atoms with Gasteiger partial charge in [-0.3, -0.25) is 14.9 Å². The minimum atomic E-state index is -0.258. The van der Waals surface area contributed by atoms with Crippen molar-refractivity contribution in [2.75, 3.05) is 16.8 Å². The van der Waals surface area contributed by atoms with E-state index in [1.54, 1.807) is 4.90 Å². The Morgan fingerprint density at radius 2 is 1.66 bits per heavy atom. The highest BCUT2D eigenvalue weighted by molar-refractivity contribution is 7.15. The van der Waals surface area contributed by atoms with E-state index in [9.17, 15) is 9.59 Å². The van der Waals surface area contributed by atoms with Gasteiger partial charge in [-0.1, -0.05) is 89.7 Å². The van der Waals surface area contributed by atoms with Gasteiger partial charge in [0.15, 0.2) is 0 Å². The minimum absolute atomic E-state index is 0.0552. The van der Waals surface area contributed by atoms with Crippen molar-refractivity contribution in [1.82, 2.24) is 10.2 Å². The zero-order valence-corrected chi connectivity index (χ0v) is 20.0.